The van der Waals surface area contributed by atoms with E-state index in [2.05, 4.69) is 8.92 Å². The Bertz CT molecular complexity index is 478. The molecule has 1 rings (SSSR count). The van der Waals surface area contributed by atoms with Crippen molar-refractivity contribution in [3.05, 3.63) is 11.3 Å². The van der Waals surface area contributed by atoms with Gasteiger partial charge >= 0.3 is 21.6 Å². The second-order valence-electron chi connectivity index (χ2n) is 3.26. The molecule has 0 saturated heterocycles. The van der Waals surface area contributed by atoms with E-state index in [1.807, 2.05) is 0 Å². The van der Waals surface area contributed by atoms with E-state index in [9.17, 15) is 26.4 Å². The van der Waals surface area contributed by atoms with E-state index in [0.717, 1.165) is 7.11 Å². The predicted octanol–water partition coefficient (Wildman–Crippen LogP) is 0.698. The van der Waals surface area contributed by atoms with Gasteiger partial charge in [-0.3, -0.25) is 0 Å². The van der Waals surface area contributed by atoms with Gasteiger partial charge in [-0.05, 0) is 6.92 Å². The zero-order chi connectivity index (χ0) is 14.1. The number of ether oxygens (including phenoxy) is 2. The highest BCUT2D eigenvalue weighted by Crippen LogP contribution is 2.31. The summed E-state index contributed by atoms with van der Waals surface area (Å²) in [5.41, 5.74) is -5.96. The van der Waals surface area contributed by atoms with Crippen molar-refractivity contribution in [2.45, 2.75) is 18.5 Å². The Morgan fingerprint density at radius 1 is 1.44 bits per heavy atom. The van der Waals surface area contributed by atoms with Crippen molar-refractivity contribution in [1.29, 1.82) is 0 Å². The minimum Gasteiger partial charge on any atom is -0.465 e. The minimum absolute atomic E-state index is 0.384. The van der Waals surface area contributed by atoms with Crippen LogP contribution in [0.4, 0.5) is 13.2 Å². The molecule has 1 heterocycles. The highest BCUT2D eigenvalue weighted by molar-refractivity contribution is 7.87. The average molecular weight is 290 g/mol. The van der Waals surface area contributed by atoms with Crippen LogP contribution < -0.4 is 0 Å². The van der Waals surface area contributed by atoms with Crippen LogP contribution in [-0.2, 0) is 28.6 Å². The second-order valence-corrected chi connectivity index (χ2v) is 4.80. The standard InChI is InChI=1S/C8H9F3O6S/c1-4-6(7(12)15-2)5(3-16-4)17-18(13,14)8(9,10)11/h4H,3H2,1-2H3. The van der Waals surface area contributed by atoms with E-state index in [1.54, 1.807) is 0 Å². The normalized spacial score (nSPS) is 21.1. The molecule has 0 saturated carbocycles. The molecular weight excluding hydrogens is 281 g/mol. The maximum atomic E-state index is 12.1. The summed E-state index contributed by atoms with van der Waals surface area (Å²) in [6.07, 6.45) is -0.907. The lowest BCUT2D eigenvalue weighted by molar-refractivity contribution is -0.137. The molecule has 0 fully saturated rings. The van der Waals surface area contributed by atoms with E-state index in [-0.39, 0.29) is 5.57 Å². The summed E-state index contributed by atoms with van der Waals surface area (Å²) >= 11 is 0. The van der Waals surface area contributed by atoms with Gasteiger partial charge in [-0.2, -0.15) is 21.6 Å². The molecule has 0 spiro atoms. The van der Waals surface area contributed by atoms with Crippen LogP contribution in [0.15, 0.2) is 11.3 Å². The quantitative estimate of drug-likeness (QED) is 0.432. The number of hydrogen-bond donors (Lipinski definition) is 0. The smallest absolute Gasteiger partial charge is 0.465 e. The van der Waals surface area contributed by atoms with Gasteiger partial charge < -0.3 is 13.7 Å². The van der Waals surface area contributed by atoms with Crippen molar-refractivity contribution in [2.75, 3.05) is 13.7 Å². The van der Waals surface area contributed by atoms with Gasteiger partial charge in [-0.25, -0.2) is 4.79 Å². The lowest BCUT2D eigenvalue weighted by Crippen LogP contribution is -2.26. The Morgan fingerprint density at radius 3 is 2.44 bits per heavy atom. The van der Waals surface area contributed by atoms with Crippen LogP contribution >= 0.6 is 0 Å². The maximum Gasteiger partial charge on any atom is 0.534 e. The van der Waals surface area contributed by atoms with Crippen molar-refractivity contribution in [1.82, 2.24) is 0 Å². The molecule has 0 N–H and O–H groups in total. The first kappa shape index (κ1) is 14.8. The Kier molecular flexibility index (Phi) is 3.91. The van der Waals surface area contributed by atoms with Gasteiger partial charge in [0.1, 0.15) is 12.2 Å². The molecule has 0 aliphatic carbocycles. The van der Waals surface area contributed by atoms with E-state index < -0.39 is 40.1 Å². The molecule has 0 bridgehead atoms. The number of carbonyl (C=O) groups excluding carboxylic acids is 1. The molecule has 0 amide bonds. The molecule has 6 nitrogen and oxygen atoms in total. The summed E-state index contributed by atoms with van der Waals surface area (Å²) in [5, 5.41) is 0. The van der Waals surface area contributed by atoms with Crippen molar-refractivity contribution in [3.63, 3.8) is 0 Å². The molecule has 18 heavy (non-hydrogen) atoms. The number of methoxy groups -OCH3 is 1. The van der Waals surface area contributed by atoms with E-state index >= 15 is 0 Å². The molecule has 1 atom stereocenters. The first-order chi connectivity index (χ1) is 8.10. The topological polar surface area (TPSA) is 78.9 Å². The number of rotatable bonds is 3. The predicted molar refractivity (Wildman–Crippen MR) is 50.5 cm³/mol. The van der Waals surface area contributed by atoms with Crippen LogP contribution in [0.25, 0.3) is 0 Å². The molecule has 10 heteroatoms. The van der Waals surface area contributed by atoms with Crippen LogP contribution in [0, 0.1) is 0 Å². The molecule has 0 radical (unpaired) electrons. The summed E-state index contributed by atoms with van der Waals surface area (Å²) in [7, 11) is -4.83. The molecule has 1 aliphatic heterocycles. The summed E-state index contributed by atoms with van der Waals surface area (Å²) in [6.45, 7) is 0.795. The summed E-state index contributed by atoms with van der Waals surface area (Å²) in [4.78, 5) is 11.3. The fourth-order valence-corrected chi connectivity index (χ4v) is 1.72. The van der Waals surface area contributed by atoms with E-state index in [0.29, 0.717) is 0 Å². The van der Waals surface area contributed by atoms with E-state index in [4.69, 9.17) is 4.74 Å². The third-order valence-electron chi connectivity index (χ3n) is 2.07. The Labute approximate surface area is 100 Å². The first-order valence-electron chi connectivity index (χ1n) is 4.54. The van der Waals surface area contributed by atoms with Crippen LogP contribution in [0.3, 0.4) is 0 Å². The molecule has 0 aromatic heterocycles. The largest absolute Gasteiger partial charge is 0.534 e. The van der Waals surface area contributed by atoms with Crippen molar-refractivity contribution in [3.8, 4) is 0 Å². The van der Waals surface area contributed by atoms with Crippen LogP contribution in [0.2, 0.25) is 0 Å². The lowest BCUT2D eigenvalue weighted by atomic mass is 10.2. The summed E-state index contributed by atoms with van der Waals surface area (Å²) in [6, 6.07) is 0. The van der Waals surface area contributed by atoms with Gasteiger partial charge in [-0.1, -0.05) is 0 Å². The number of hydrogen-bond acceptors (Lipinski definition) is 6. The van der Waals surface area contributed by atoms with Crippen molar-refractivity contribution in [2.24, 2.45) is 0 Å². The highest BCUT2D eigenvalue weighted by atomic mass is 32.2. The van der Waals surface area contributed by atoms with Crippen molar-refractivity contribution < 1.29 is 40.0 Å². The molecule has 1 unspecified atom stereocenters. The third kappa shape index (κ3) is 2.75. The monoisotopic (exact) mass is 290 g/mol. The Hall–Kier alpha value is -1.29. The van der Waals surface area contributed by atoms with Gasteiger partial charge in [0.05, 0.1) is 13.2 Å². The van der Waals surface area contributed by atoms with Gasteiger partial charge in [-0.15, -0.1) is 0 Å². The molecule has 0 aromatic carbocycles. The maximum absolute atomic E-state index is 12.1. The van der Waals surface area contributed by atoms with Gasteiger partial charge in [0, 0.05) is 0 Å². The average Bonchev–Trinajstić information content (AvgIpc) is 2.56. The van der Waals surface area contributed by atoms with Gasteiger partial charge in [0.15, 0.2) is 5.76 Å². The fourth-order valence-electron chi connectivity index (χ4n) is 1.23. The lowest BCUT2D eigenvalue weighted by Gasteiger charge is -2.10. The van der Waals surface area contributed by atoms with Crippen LogP contribution in [0.1, 0.15) is 6.92 Å². The number of esters is 1. The zero-order valence-electron chi connectivity index (χ0n) is 9.28. The SMILES string of the molecule is COC(=O)C1=C(OS(=O)(=O)C(F)(F)F)COC1C. The zero-order valence-corrected chi connectivity index (χ0v) is 10.1. The highest BCUT2D eigenvalue weighted by Gasteiger charge is 2.50. The molecular formula is C8H9F3O6S. The van der Waals surface area contributed by atoms with Gasteiger partial charge in [0.2, 0.25) is 0 Å². The first-order valence-corrected chi connectivity index (χ1v) is 5.94. The summed E-state index contributed by atoms with van der Waals surface area (Å²) < 4.78 is 70.9. The molecule has 1 aliphatic rings. The van der Waals surface area contributed by atoms with Crippen LogP contribution in [-0.4, -0.2) is 39.7 Å². The second kappa shape index (κ2) is 4.76. The number of alkyl halides is 3. The molecule has 0 aromatic rings. The summed E-state index contributed by atoms with van der Waals surface area (Å²) in [5.74, 6) is -1.72. The third-order valence-corrected chi connectivity index (χ3v) is 3.06. The Balaban J connectivity index is 3.09. The minimum atomic E-state index is -5.82. The fraction of sp³-hybridized carbons (Fsp3) is 0.625. The van der Waals surface area contributed by atoms with E-state index in [1.165, 1.54) is 6.92 Å². The molecule has 104 valence electrons. The number of carbonyl (C=O) groups is 1. The Morgan fingerprint density at radius 2 is 2.00 bits per heavy atom. The van der Waals surface area contributed by atoms with Crippen molar-refractivity contribution >= 4 is 16.1 Å². The number of halogens is 3. The van der Waals surface area contributed by atoms with Crippen LogP contribution in [0.5, 0.6) is 0 Å². The van der Waals surface area contributed by atoms with Gasteiger partial charge in [0.25, 0.3) is 0 Å².